The van der Waals surface area contributed by atoms with Crippen LogP contribution in [-0.4, -0.2) is 22.9 Å². The summed E-state index contributed by atoms with van der Waals surface area (Å²) in [5, 5.41) is 13.1. The monoisotopic (exact) mass is 386 g/mol. The Balaban J connectivity index is 1.77. The van der Waals surface area contributed by atoms with Crippen molar-refractivity contribution < 1.29 is 27.6 Å². The number of halogens is 3. The Hall–Kier alpha value is -2.75. The van der Waals surface area contributed by atoms with Crippen LogP contribution in [0.2, 0.25) is 0 Å². The highest BCUT2D eigenvalue weighted by Crippen LogP contribution is 2.24. The van der Waals surface area contributed by atoms with E-state index in [1.807, 2.05) is 0 Å². The minimum atomic E-state index is -4.76. The molecule has 0 saturated heterocycles. The van der Waals surface area contributed by atoms with Gasteiger partial charge in [-0.3, -0.25) is 14.9 Å². The summed E-state index contributed by atoms with van der Waals surface area (Å²) in [6.45, 7) is 0. The van der Waals surface area contributed by atoms with Crippen molar-refractivity contribution in [1.29, 1.82) is 0 Å². The largest absolute Gasteiger partial charge is 0.573 e. The summed E-state index contributed by atoms with van der Waals surface area (Å²) in [7, 11) is 0. The summed E-state index contributed by atoms with van der Waals surface area (Å²) in [6.07, 6.45) is -4.76. The standard InChI is InChI=1S/C16H13F3N2O4S/c17-16(18,19)25-14-7-3-12(4-8-14)20-15(22)10-26-9-11-1-5-13(6-2-11)21(23)24/h1-8H,9-10H2,(H,20,22). The maximum atomic E-state index is 12.1. The molecule has 138 valence electrons. The molecule has 0 radical (unpaired) electrons. The van der Waals surface area contributed by atoms with Crippen LogP contribution in [-0.2, 0) is 10.5 Å². The van der Waals surface area contributed by atoms with Crippen molar-refractivity contribution in [2.24, 2.45) is 0 Å². The summed E-state index contributed by atoms with van der Waals surface area (Å²) in [5.41, 5.74) is 1.18. The molecule has 10 heteroatoms. The molecule has 0 aliphatic heterocycles. The van der Waals surface area contributed by atoms with E-state index in [2.05, 4.69) is 10.1 Å². The van der Waals surface area contributed by atoms with Crippen LogP contribution < -0.4 is 10.1 Å². The van der Waals surface area contributed by atoms with Gasteiger partial charge < -0.3 is 10.1 Å². The molecule has 2 aromatic carbocycles. The van der Waals surface area contributed by atoms with E-state index in [-0.39, 0.29) is 23.1 Å². The molecular weight excluding hydrogens is 373 g/mol. The SMILES string of the molecule is O=C(CSCc1ccc([N+](=O)[O-])cc1)Nc1ccc(OC(F)(F)F)cc1. The Morgan fingerprint density at radius 1 is 1.12 bits per heavy atom. The topological polar surface area (TPSA) is 81.5 Å². The summed E-state index contributed by atoms with van der Waals surface area (Å²) >= 11 is 1.30. The number of nitro groups is 1. The van der Waals surface area contributed by atoms with E-state index in [1.165, 1.54) is 36.0 Å². The van der Waals surface area contributed by atoms with Crippen LogP contribution in [0.1, 0.15) is 5.56 Å². The number of rotatable bonds is 7. The highest BCUT2D eigenvalue weighted by molar-refractivity contribution is 7.99. The Bertz CT molecular complexity index is 765. The van der Waals surface area contributed by atoms with E-state index in [1.54, 1.807) is 12.1 Å². The van der Waals surface area contributed by atoms with Crippen LogP contribution in [0.25, 0.3) is 0 Å². The molecule has 0 heterocycles. The molecule has 0 spiro atoms. The van der Waals surface area contributed by atoms with Crippen molar-refractivity contribution in [3.05, 3.63) is 64.2 Å². The molecule has 0 fully saturated rings. The van der Waals surface area contributed by atoms with E-state index in [9.17, 15) is 28.1 Å². The zero-order valence-corrected chi connectivity index (χ0v) is 14.0. The molecule has 0 unspecified atom stereocenters. The van der Waals surface area contributed by atoms with E-state index < -0.39 is 11.3 Å². The number of thioether (sulfide) groups is 1. The van der Waals surface area contributed by atoms with Crippen LogP contribution >= 0.6 is 11.8 Å². The van der Waals surface area contributed by atoms with Gasteiger partial charge in [0.1, 0.15) is 5.75 Å². The minimum Gasteiger partial charge on any atom is -0.406 e. The molecule has 0 aliphatic rings. The number of carbonyl (C=O) groups is 1. The van der Waals surface area contributed by atoms with Gasteiger partial charge in [-0.2, -0.15) is 0 Å². The van der Waals surface area contributed by atoms with Crippen molar-refractivity contribution >= 4 is 29.0 Å². The lowest BCUT2D eigenvalue weighted by Gasteiger charge is -2.10. The highest BCUT2D eigenvalue weighted by Gasteiger charge is 2.30. The first kappa shape index (κ1) is 19.6. The number of nitrogens with zero attached hydrogens (tertiary/aromatic N) is 1. The second-order valence-electron chi connectivity index (χ2n) is 5.04. The zero-order valence-electron chi connectivity index (χ0n) is 13.2. The van der Waals surface area contributed by atoms with Gasteiger partial charge in [0.15, 0.2) is 0 Å². The number of nitro benzene ring substituents is 1. The van der Waals surface area contributed by atoms with Crippen LogP contribution in [0.15, 0.2) is 48.5 Å². The second-order valence-corrected chi connectivity index (χ2v) is 6.02. The molecule has 1 N–H and O–H groups in total. The van der Waals surface area contributed by atoms with Gasteiger partial charge in [-0.25, -0.2) is 0 Å². The maximum Gasteiger partial charge on any atom is 0.573 e. The molecule has 1 amide bonds. The number of alkyl halides is 3. The Morgan fingerprint density at radius 3 is 2.27 bits per heavy atom. The van der Waals surface area contributed by atoms with Gasteiger partial charge in [0.05, 0.1) is 10.7 Å². The fourth-order valence-electron chi connectivity index (χ4n) is 1.91. The number of carbonyl (C=O) groups excluding carboxylic acids is 1. The number of non-ortho nitro benzene ring substituents is 1. The lowest BCUT2D eigenvalue weighted by atomic mass is 10.2. The van der Waals surface area contributed by atoms with Crippen LogP contribution in [0.5, 0.6) is 5.75 Å². The first-order chi connectivity index (χ1) is 12.2. The van der Waals surface area contributed by atoms with Crippen molar-refractivity contribution in [2.45, 2.75) is 12.1 Å². The fraction of sp³-hybridized carbons (Fsp3) is 0.188. The average molecular weight is 386 g/mol. The number of benzene rings is 2. The molecule has 0 bridgehead atoms. The summed E-state index contributed by atoms with van der Waals surface area (Å²) in [5.74, 6) is -0.0777. The first-order valence-electron chi connectivity index (χ1n) is 7.20. The number of nitrogens with one attached hydrogen (secondary N) is 1. The second kappa shape index (κ2) is 8.56. The lowest BCUT2D eigenvalue weighted by Crippen LogP contribution is -2.17. The third-order valence-corrected chi connectivity index (χ3v) is 4.02. The average Bonchev–Trinajstić information content (AvgIpc) is 2.56. The third-order valence-electron chi connectivity index (χ3n) is 3.02. The Kier molecular flexibility index (Phi) is 6.45. The van der Waals surface area contributed by atoms with Crippen LogP contribution in [0.3, 0.4) is 0 Å². The zero-order chi connectivity index (χ0) is 19.2. The molecule has 6 nitrogen and oxygen atoms in total. The van der Waals surface area contributed by atoms with Gasteiger partial charge >= 0.3 is 6.36 Å². The van der Waals surface area contributed by atoms with E-state index in [0.29, 0.717) is 11.4 Å². The van der Waals surface area contributed by atoms with E-state index in [0.717, 1.165) is 17.7 Å². The fourth-order valence-corrected chi connectivity index (χ4v) is 2.70. The van der Waals surface area contributed by atoms with E-state index >= 15 is 0 Å². The predicted octanol–water partition coefficient (Wildman–Crippen LogP) is 4.37. The number of amides is 1. The first-order valence-corrected chi connectivity index (χ1v) is 8.35. The number of ether oxygens (including phenoxy) is 1. The summed E-state index contributed by atoms with van der Waals surface area (Å²) in [4.78, 5) is 21.9. The molecule has 0 aliphatic carbocycles. The molecule has 0 saturated carbocycles. The van der Waals surface area contributed by atoms with Gasteiger partial charge in [-0.15, -0.1) is 24.9 Å². The maximum absolute atomic E-state index is 12.1. The summed E-state index contributed by atoms with van der Waals surface area (Å²) < 4.78 is 39.9. The van der Waals surface area contributed by atoms with Crippen LogP contribution in [0, 0.1) is 10.1 Å². The van der Waals surface area contributed by atoms with Crippen molar-refractivity contribution in [3.8, 4) is 5.75 Å². The van der Waals surface area contributed by atoms with Gasteiger partial charge in [0, 0.05) is 23.6 Å². The quantitative estimate of drug-likeness (QED) is 0.565. The Morgan fingerprint density at radius 2 is 1.73 bits per heavy atom. The molecule has 2 rings (SSSR count). The molecule has 0 aromatic heterocycles. The van der Waals surface area contributed by atoms with Crippen molar-refractivity contribution in [3.63, 3.8) is 0 Å². The third kappa shape index (κ3) is 6.63. The van der Waals surface area contributed by atoms with Gasteiger partial charge in [0.25, 0.3) is 5.69 Å². The lowest BCUT2D eigenvalue weighted by molar-refractivity contribution is -0.384. The number of anilines is 1. The molecule has 2 aromatic rings. The molecule has 26 heavy (non-hydrogen) atoms. The van der Waals surface area contributed by atoms with Crippen LogP contribution in [0.4, 0.5) is 24.5 Å². The highest BCUT2D eigenvalue weighted by atomic mass is 32.2. The minimum absolute atomic E-state index is 0.00515. The number of hydrogen-bond acceptors (Lipinski definition) is 5. The predicted molar refractivity (Wildman–Crippen MR) is 91.0 cm³/mol. The van der Waals surface area contributed by atoms with Crippen molar-refractivity contribution in [1.82, 2.24) is 0 Å². The number of hydrogen-bond donors (Lipinski definition) is 1. The summed E-state index contributed by atoms with van der Waals surface area (Å²) in [6, 6.07) is 10.8. The van der Waals surface area contributed by atoms with Gasteiger partial charge in [-0.1, -0.05) is 12.1 Å². The molecule has 0 atom stereocenters. The van der Waals surface area contributed by atoms with E-state index in [4.69, 9.17) is 0 Å². The van der Waals surface area contributed by atoms with Gasteiger partial charge in [-0.05, 0) is 29.8 Å². The normalized spacial score (nSPS) is 11.0. The van der Waals surface area contributed by atoms with Gasteiger partial charge in [0.2, 0.25) is 5.91 Å². The van der Waals surface area contributed by atoms with Crippen molar-refractivity contribution in [2.75, 3.05) is 11.1 Å². The molecular formula is C16H13F3N2O4S. The Labute approximate surface area is 150 Å². The smallest absolute Gasteiger partial charge is 0.406 e.